The van der Waals surface area contributed by atoms with Crippen molar-refractivity contribution in [3.05, 3.63) is 46.7 Å². The summed E-state index contributed by atoms with van der Waals surface area (Å²) in [4.78, 5) is 14.0. The van der Waals surface area contributed by atoms with E-state index < -0.39 is 17.8 Å². The Hall–Kier alpha value is -2.02. The number of halogens is 3. The number of alkyl halides is 3. The van der Waals surface area contributed by atoms with E-state index in [0.717, 1.165) is 30.7 Å². The van der Waals surface area contributed by atoms with Crippen molar-refractivity contribution < 1.29 is 18.0 Å². The van der Waals surface area contributed by atoms with Crippen molar-refractivity contribution in [1.82, 2.24) is 0 Å². The summed E-state index contributed by atoms with van der Waals surface area (Å²) in [6.07, 6.45) is -2.61. The fraction of sp³-hybridized carbons (Fsp3) is 0.267. The number of hydrogen-bond acceptors (Lipinski definition) is 2. The molecule has 0 atom stereocenters. The molecule has 1 aromatic heterocycles. The summed E-state index contributed by atoms with van der Waals surface area (Å²) < 4.78 is 38.1. The summed E-state index contributed by atoms with van der Waals surface area (Å²) in [5.74, 6) is 0. The van der Waals surface area contributed by atoms with Crippen LogP contribution in [0.15, 0.2) is 41.1 Å². The van der Waals surface area contributed by atoms with Gasteiger partial charge in [0.15, 0.2) is 0 Å². The fourth-order valence-corrected chi connectivity index (χ4v) is 2.81. The van der Waals surface area contributed by atoms with E-state index in [1.54, 1.807) is 4.90 Å². The summed E-state index contributed by atoms with van der Waals surface area (Å²) in [6.45, 7) is 0. The Bertz CT molecular complexity index is 666. The Kier molecular flexibility index (Phi) is 3.82. The lowest BCUT2D eigenvalue weighted by atomic mass is 10.2. The molecular formula is C15H13F3N2OS. The Morgan fingerprint density at radius 3 is 2.64 bits per heavy atom. The Morgan fingerprint density at radius 2 is 2.05 bits per heavy atom. The minimum absolute atomic E-state index is 0.125. The van der Waals surface area contributed by atoms with Crippen molar-refractivity contribution >= 4 is 28.7 Å². The molecule has 3 nitrogen and oxygen atoms in total. The van der Waals surface area contributed by atoms with Gasteiger partial charge in [0.2, 0.25) is 0 Å². The SMILES string of the molecule is O=C(Nc1cccc(C(F)(F)F)c1)N(c1ccsc1)C1CC1. The van der Waals surface area contributed by atoms with Crippen LogP contribution < -0.4 is 10.2 Å². The Labute approximate surface area is 129 Å². The van der Waals surface area contributed by atoms with Gasteiger partial charge in [-0.05, 0) is 42.5 Å². The predicted octanol–water partition coefficient (Wildman–Crippen LogP) is 4.97. The topological polar surface area (TPSA) is 32.3 Å². The molecule has 1 aromatic carbocycles. The highest BCUT2D eigenvalue weighted by Crippen LogP contribution is 2.34. The maximum absolute atomic E-state index is 12.7. The molecule has 1 saturated carbocycles. The van der Waals surface area contributed by atoms with Crippen LogP contribution in [-0.2, 0) is 6.18 Å². The average molecular weight is 326 g/mol. The number of thiophene rings is 1. The molecular weight excluding hydrogens is 313 g/mol. The molecule has 116 valence electrons. The maximum Gasteiger partial charge on any atom is 0.416 e. The standard InChI is InChI=1S/C15H13F3N2OS/c16-15(17,18)10-2-1-3-11(8-10)19-14(21)20(12-4-5-12)13-6-7-22-9-13/h1-3,6-9,12H,4-5H2,(H,19,21). The lowest BCUT2D eigenvalue weighted by Crippen LogP contribution is -2.36. The van der Waals surface area contributed by atoms with Crippen molar-refractivity contribution in [3.63, 3.8) is 0 Å². The van der Waals surface area contributed by atoms with Gasteiger partial charge in [-0.25, -0.2) is 4.79 Å². The molecule has 7 heteroatoms. The van der Waals surface area contributed by atoms with Crippen molar-refractivity contribution in [3.8, 4) is 0 Å². The maximum atomic E-state index is 12.7. The van der Waals surface area contributed by atoms with Crippen LogP contribution in [0.25, 0.3) is 0 Å². The van der Waals surface area contributed by atoms with Crippen molar-refractivity contribution in [2.75, 3.05) is 10.2 Å². The molecule has 1 aliphatic carbocycles. The molecule has 0 saturated heterocycles. The average Bonchev–Trinajstić information content (AvgIpc) is 3.13. The zero-order valence-electron chi connectivity index (χ0n) is 11.4. The second-order valence-electron chi connectivity index (χ2n) is 5.09. The monoisotopic (exact) mass is 326 g/mol. The lowest BCUT2D eigenvalue weighted by molar-refractivity contribution is -0.137. The minimum Gasteiger partial charge on any atom is -0.308 e. The quantitative estimate of drug-likeness (QED) is 0.849. The number of carbonyl (C=O) groups excluding carboxylic acids is 1. The van der Waals surface area contributed by atoms with Crippen LogP contribution in [0.2, 0.25) is 0 Å². The largest absolute Gasteiger partial charge is 0.416 e. The molecule has 2 aromatic rings. The number of carbonyl (C=O) groups is 1. The van der Waals surface area contributed by atoms with Crippen LogP contribution in [-0.4, -0.2) is 12.1 Å². The summed E-state index contributed by atoms with van der Waals surface area (Å²) in [6, 6.07) is 6.20. The second-order valence-corrected chi connectivity index (χ2v) is 5.87. The third kappa shape index (κ3) is 3.24. The molecule has 22 heavy (non-hydrogen) atoms. The highest BCUT2D eigenvalue weighted by Gasteiger charge is 2.34. The molecule has 0 aliphatic heterocycles. The summed E-state index contributed by atoms with van der Waals surface area (Å²) in [5, 5.41) is 6.27. The molecule has 1 aliphatic rings. The van der Waals surface area contributed by atoms with E-state index in [0.29, 0.717) is 0 Å². The van der Waals surface area contributed by atoms with Crippen LogP contribution >= 0.6 is 11.3 Å². The normalized spacial score (nSPS) is 14.7. The van der Waals surface area contributed by atoms with Gasteiger partial charge in [0, 0.05) is 17.1 Å². The minimum atomic E-state index is -4.43. The van der Waals surface area contributed by atoms with Crippen LogP contribution in [0.5, 0.6) is 0 Å². The van der Waals surface area contributed by atoms with Crippen molar-refractivity contribution in [1.29, 1.82) is 0 Å². The van der Waals surface area contributed by atoms with E-state index in [2.05, 4.69) is 5.32 Å². The van der Waals surface area contributed by atoms with Gasteiger partial charge in [-0.2, -0.15) is 24.5 Å². The predicted molar refractivity (Wildman–Crippen MR) is 80.3 cm³/mol. The van der Waals surface area contributed by atoms with Crippen LogP contribution in [0.1, 0.15) is 18.4 Å². The number of rotatable bonds is 3. The first-order valence-electron chi connectivity index (χ1n) is 6.75. The van der Waals surface area contributed by atoms with Crippen molar-refractivity contribution in [2.24, 2.45) is 0 Å². The number of amides is 2. The highest BCUT2D eigenvalue weighted by atomic mass is 32.1. The molecule has 0 spiro atoms. The van der Waals surface area contributed by atoms with Gasteiger partial charge < -0.3 is 5.32 Å². The van der Waals surface area contributed by atoms with E-state index in [1.807, 2.05) is 16.8 Å². The van der Waals surface area contributed by atoms with E-state index in [-0.39, 0.29) is 11.7 Å². The number of benzene rings is 1. The molecule has 0 unspecified atom stereocenters. The highest BCUT2D eigenvalue weighted by molar-refractivity contribution is 7.08. The number of nitrogens with one attached hydrogen (secondary N) is 1. The number of anilines is 2. The Morgan fingerprint density at radius 1 is 1.27 bits per heavy atom. The molecule has 3 rings (SSSR count). The van der Waals surface area contributed by atoms with E-state index in [9.17, 15) is 18.0 Å². The zero-order valence-corrected chi connectivity index (χ0v) is 12.2. The van der Waals surface area contributed by atoms with Gasteiger partial charge in [-0.1, -0.05) is 6.07 Å². The van der Waals surface area contributed by atoms with Gasteiger partial charge in [0.25, 0.3) is 0 Å². The van der Waals surface area contributed by atoms with Gasteiger partial charge in [-0.3, -0.25) is 4.90 Å². The first-order valence-corrected chi connectivity index (χ1v) is 7.69. The smallest absolute Gasteiger partial charge is 0.308 e. The molecule has 2 amide bonds. The third-order valence-corrected chi connectivity index (χ3v) is 4.03. The van der Waals surface area contributed by atoms with Crippen molar-refractivity contribution in [2.45, 2.75) is 25.1 Å². The zero-order chi connectivity index (χ0) is 15.7. The number of urea groups is 1. The second kappa shape index (κ2) is 5.64. The summed E-state index contributed by atoms with van der Waals surface area (Å²) in [5.41, 5.74) is 0.136. The van der Waals surface area contributed by atoms with Crippen LogP contribution in [0, 0.1) is 0 Å². The van der Waals surface area contributed by atoms with Gasteiger partial charge in [-0.15, -0.1) is 0 Å². The molecule has 0 bridgehead atoms. The molecule has 0 radical (unpaired) electrons. The van der Waals surface area contributed by atoms with Gasteiger partial charge in [0.05, 0.1) is 11.3 Å². The lowest BCUT2D eigenvalue weighted by Gasteiger charge is -2.22. The molecule has 1 N–H and O–H groups in total. The van der Waals surface area contributed by atoms with E-state index in [1.165, 1.54) is 23.5 Å². The van der Waals surface area contributed by atoms with Gasteiger partial charge in [0.1, 0.15) is 0 Å². The Balaban J connectivity index is 1.79. The van der Waals surface area contributed by atoms with E-state index in [4.69, 9.17) is 0 Å². The van der Waals surface area contributed by atoms with E-state index >= 15 is 0 Å². The van der Waals surface area contributed by atoms with Crippen LogP contribution in [0.3, 0.4) is 0 Å². The van der Waals surface area contributed by atoms with Crippen LogP contribution in [0.4, 0.5) is 29.3 Å². The number of nitrogens with zero attached hydrogens (tertiary/aromatic N) is 1. The molecule has 1 heterocycles. The summed E-state index contributed by atoms with van der Waals surface area (Å²) >= 11 is 1.47. The van der Waals surface area contributed by atoms with Gasteiger partial charge >= 0.3 is 12.2 Å². The molecule has 1 fully saturated rings. The summed E-state index contributed by atoms with van der Waals surface area (Å²) in [7, 11) is 0. The number of hydrogen-bond donors (Lipinski definition) is 1. The first-order chi connectivity index (χ1) is 10.4. The fourth-order valence-electron chi connectivity index (χ4n) is 2.18. The first kappa shape index (κ1) is 14.9. The third-order valence-electron chi connectivity index (χ3n) is 3.36.